The fourth-order valence-electron chi connectivity index (χ4n) is 2.53. The summed E-state index contributed by atoms with van der Waals surface area (Å²) in [5.74, 6) is 1.06. The molecule has 0 radical (unpaired) electrons. The third-order valence-corrected chi connectivity index (χ3v) is 3.83. The highest BCUT2D eigenvalue weighted by atomic mass is 19.1. The van der Waals surface area contributed by atoms with Gasteiger partial charge in [0.1, 0.15) is 12.4 Å². The summed E-state index contributed by atoms with van der Waals surface area (Å²) in [6.45, 7) is 7.18. The first-order chi connectivity index (χ1) is 11.1. The number of nitrogens with zero attached hydrogens (tertiary/aromatic N) is 5. The molecular formula is C15H20FN5O2. The molecule has 0 bridgehead atoms. The number of hydrogen-bond donors (Lipinski definition) is 0. The molecule has 7 nitrogen and oxygen atoms in total. The average Bonchev–Trinajstić information content (AvgIpc) is 3.05. The summed E-state index contributed by atoms with van der Waals surface area (Å²) in [5, 5.41) is 4.04. The van der Waals surface area contributed by atoms with Crippen LogP contribution in [0.25, 0.3) is 0 Å². The van der Waals surface area contributed by atoms with Gasteiger partial charge in [0, 0.05) is 12.5 Å². The van der Waals surface area contributed by atoms with Crippen LogP contribution in [0.3, 0.4) is 0 Å². The first-order valence-electron chi connectivity index (χ1n) is 7.79. The van der Waals surface area contributed by atoms with E-state index in [1.54, 1.807) is 0 Å². The molecule has 8 heteroatoms. The van der Waals surface area contributed by atoms with E-state index >= 15 is 0 Å². The molecule has 1 fully saturated rings. The first kappa shape index (κ1) is 15.8. The molecule has 1 aliphatic heterocycles. The zero-order chi connectivity index (χ0) is 16.4. The van der Waals surface area contributed by atoms with Crippen molar-refractivity contribution in [2.24, 2.45) is 0 Å². The van der Waals surface area contributed by atoms with Gasteiger partial charge in [-0.05, 0) is 6.42 Å². The van der Waals surface area contributed by atoms with Gasteiger partial charge in [-0.15, -0.1) is 0 Å². The summed E-state index contributed by atoms with van der Waals surface area (Å²) < 4.78 is 25.4. The minimum absolute atomic E-state index is 0.136. The molecule has 0 amide bonds. The Morgan fingerprint density at radius 3 is 2.91 bits per heavy atom. The number of aromatic nitrogens is 4. The van der Waals surface area contributed by atoms with Gasteiger partial charge in [-0.25, -0.2) is 14.4 Å². The fraction of sp³-hybridized carbons (Fsp3) is 0.600. The van der Waals surface area contributed by atoms with E-state index in [0.717, 1.165) is 0 Å². The number of rotatable bonds is 4. The zero-order valence-electron chi connectivity index (χ0n) is 13.5. The van der Waals surface area contributed by atoms with Crippen LogP contribution in [-0.2, 0) is 11.2 Å². The third-order valence-electron chi connectivity index (χ3n) is 3.83. The molecule has 1 saturated heterocycles. The smallest absolute Gasteiger partial charge is 0.229 e. The van der Waals surface area contributed by atoms with Crippen molar-refractivity contribution in [1.29, 1.82) is 0 Å². The second kappa shape index (κ2) is 6.57. The maximum absolute atomic E-state index is 14.6. The van der Waals surface area contributed by atoms with Crippen molar-refractivity contribution in [2.75, 3.05) is 24.7 Å². The van der Waals surface area contributed by atoms with E-state index < -0.39 is 5.82 Å². The molecule has 0 aromatic carbocycles. The van der Waals surface area contributed by atoms with Gasteiger partial charge in [0.05, 0.1) is 18.9 Å². The molecule has 0 unspecified atom stereocenters. The highest BCUT2D eigenvalue weighted by Crippen LogP contribution is 2.30. The van der Waals surface area contributed by atoms with Gasteiger partial charge in [0.25, 0.3) is 0 Å². The second-order valence-corrected chi connectivity index (χ2v) is 5.74. The Morgan fingerprint density at radius 2 is 2.22 bits per heavy atom. The largest absolute Gasteiger partial charge is 0.377 e. The van der Waals surface area contributed by atoms with Crippen LogP contribution >= 0.6 is 0 Å². The van der Waals surface area contributed by atoms with Crippen molar-refractivity contribution in [1.82, 2.24) is 20.1 Å². The maximum Gasteiger partial charge on any atom is 0.229 e. The van der Waals surface area contributed by atoms with Crippen LogP contribution < -0.4 is 4.90 Å². The summed E-state index contributed by atoms with van der Waals surface area (Å²) in [6.07, 6.45) is 1.90. The normalized spacial score (nSPS) is 18.7. The van der Waals surface area contributed by atoms with Crippen molar-refractivity contribution in [3.05, 3.63) is 29.6 Å². The Morgan fingerprint density at radius 1 is 1.39 bits per heavy atom. The molecule has 124 valence electrons. The van der Waals surface area contributed by atoms with E-state index in [1.165, 1.54) is 6.33 Å². The van der Waals surface area contributed by atoms with Crippen LogP contribution in [0.2, 0.25) is 0 Å². The maximum atomic E-state index is 14.6. The Bertz CT molecular complexity index is 676. The van der Waals surface area contributed by atoms with Crippen LogP contribution in [0, 0.1) is 5.82 Å². The van der Waals surface area contributed by atoms with E-state index in [-0.39, 0.29) is 17.8 Å². The van der Waals surface area contributed by atoms with E-state index in [4.69, 9.17) is 9.26 Å². The summed E-state index contributed by atoms with van der Waals surface area (Å²) >= 11 is 0. The lowest BCUT2D eigenvalue weighted by atomic mass is 10.2. The van der Waals surface area contributed by atoms with Gasteiger partial charge in [0.15, 0.2) is 17.5 Å². The Kier molecular flexibility index (Phi) is 4.51. The summed E-state index contributed by atoms with van der Waals surface area (Å²) in [7, 11) is 0. The van der Waals surface area contributed by atoms with E-state index in [0.29, 0.717) is 43.6 Å². The van der Waals surface area contributed by atoms with Crippen LogP contribution in [0.4, 0.5) is 10.2 Å². The van der Waals surface area contributed by atoms with Crippen LogP contribution in [0.5, 0.6) is 0 Å². The minimum Gasteiger partial charge on any atom is -0.377 e. The van der Waals surface area contributed by atoms with Crippen molar-refractivity contribution >= 4 is 5.82 Å². The van der Waals surface area contributed by atoms with Crippen molar-refractivity contribution in [3.63, 3.8) is 0 Å². The summed E-state index contributed by atoms with van der Waals surface area (Å²) in [6, 6.07) is -0.325. The van der Waals surface area contributed by atoms with Gasteiger partial charge in [0.2, 0.25) is 5.89 Å². The van der Waals surface area contributed by atoms with Gasteiger partial charge < -0.3 is 14.2 Å². The summed E-state index contributed by atoms with van der Waals surface area (Å²) in [5.41, 5.74) is 0.399. The molecule has 0 N–H and O–H groups in total. The Balaban J connectivity index is 1.95. The molecule has 2 aromatic heterocycles. The molecule has 0 saturated carbocycles. The quantitative estimate of drug-likeness (QED) is 0.854. The zero-order valence-corrected chi connectivity index (χ0v) is 13.5. The van der Waals surface area contributed by atoms with Crippen LogP contribution in [0.1, 0.15) is 50.1 Å². The highest BCUT2D eigenvalue weighted by Gasteiger charge is 2.32. The van der Waals surface area contributed by atoms with E-state index in [2.05, 4.69) is 20.1 Å². The van der Waals surface area contributed by atoms with Crippen LogP contribution in [0.15, 0.2) is 10.9 Å². The number of anilines is 1. The molecule has 23 heavy (non-hydrogen) atoms. The number of ether oxygens (including phenoxy) is 1. The number of halogens is 1. The number of hydrogen-bond acceptors (Lipinski definition) is 7. The molecule has 0 aliphatic carbocycles. The molecule has 3 heterocycles. The number of morpholine rings is 1. The Hall–Kier alpha value is -2.09. The topological polar surface area (TPSA) is 77.2 Å². The molecule has 0 spiro atoms. The third kappa shape index (κ3) is 3.03. The molecule has 2 aromatic rings. The molecule has 1 atom stereocenters. The van der Waals surface area contributed by atoms with Gasteiger partial charge in [-0.2, -0.15) is 4.98 Å². The van der Waals surface area contributed by atoms with Crippen molar-refractivity contribution in [2.45, 2.75) is 39.2 Å². The molecule has 3 rings (SSSR count). The highest BCUT2D eigenvalue weighted by molar-refractivity contribution is 5.43. The fourth-order valence-corrected chi connectivity index (χ4v) is 2.53. The van der Waals surface area contributed by atoms with Gasteiger partial charge in [-0.3, -0.25) is 0 Å². The van der Waals surface area contributed by atoms with Crippen molar-refractivity contribution < 1.29 is 13.7 Å². The molecule has 1 aliphatic rings. The van der Waals surface area contributed by atoms with Crippen LogP contribution in [-0.4, -0.2) is 39.9 Å². The average molecular weight is 321 g/mol. The minimum atomic E-state index is -0.394. The van der Waals surface area contributed by atoms with Gasteiger partial charge >= 0.3 is 0 Å². The van der Waals surface area contributed by atoms with Gasteiger partial charge in [-0.1, -0.05) is 25.9 Å². The predicted molar refractivity (Wildman–Crippen MR) is 80.7 cm³/mol. The number of aryl methyl sites for hydroxylation is 1. The van der Waals surface area contributed by atoms with E-state index in [1.807, 2.05) is 25.7 Å². The van der Waals surface area contributed by atoms with E-state index in [9.17, 15) is 4.39 Å². The Labute approximate surface area is 133 Å². The SMILES string of the molecule is CCc1ncnc(N2CCOC[C@@H]2c2noc(C(C)C)n2)c1F. The second-order valence-electron chi connectivity index (χ2n) is 5.74. The molecular weight excluding hydrogens is 301 g/mol. The summed E-state index contributed by atoms with van der Waals surface area (Å²) in [4.78, 5) is 14.4. The van der Waals surface area contributed by atoms with Crippen molar-refractivity contribution in [3.8, 4) is 0 Å². The monoisotopic (exact) mass is 321 g/mol. The lowest BCUT2D eigenvalue weighted by molar-refractivity contribution is 0.0900. The standard InChI is InChI=1S/C15H20FN5O2/c1-4-10-12(16)14(18-8-17-10)21-5-6-22-7-11(21)13-19-15(9(2)3)23-20-13/h8-9,11H,4-7H2,1-3H3/t11-/m1/s1. The lowest BCUT2D eigenvalue weighted by Crippen LogP contribution is -2.41. The lowest BCUT2D eigenvalue weighted by Gasteiger charge is -2.34. The predicted octanol–water partition coefficient (Wildman–Crippen LogP) is 2.26. The first-order valence-corrected chi connectivity index (χ1v) is 7.79.